The standard InChI is InChI=1S/C12H18O4/c1-5-8-16-12(14)10(3)7-6-9(2)11(13)15-4/h6-7H,5,8H2,1-4H3/b9-6+,10-7+. The van der Waals surface area contributed by atoms with Crippen LogP contribution < -0.4 is 0 Å². The lowest BCUT2D eigenvalue weighted by Gasteiger charge is -2.02. The van der Waals surface area contributed by atoms with Crippen LogP contribution in [-0.2, 0) is 19.1 Å². The molecule has 0 saturated heterocycles. The third-order valence-electron chi connectivity index (χ3n) is 1.85. The fourth-order valence-corrected chi connectivity index (χ4v) is 0.856. The second-order valence-corrected chi connectivity index (χ2v) is 3.33. The topological polar surface area (TPSA) is 52.6 Å². The first-order valence-electron chi connectivity index (χ1n) is 5.13. The summed E-state index contributed by atoms with van der Waals surface area (Å²) in [6, 6.07) is 0. The van der Waals surface area contributed by atoms with Gasteiger partial charge in [0, 0.05) is 11.1 Å². The number of hydrogen-bond acceptors (Lipinski definition) is 4. The molecule has 0 rings (SSSR count). The molecule has 0 unspecified atom stereocenters. The fraction of sp³-hybridized carbons (Fsp3) is 0.500. The van der Waals surface area contributed by atoms with Gasteiger partial charge in [-0.25, -0.2) is 9.59 Å². The zero-order valence-electron chi connectivity index (χ0n) is 10.2. The van der Waals surface area contributed by atoms with Crippen molar-refractivity contribution < 1.29 is 19.1 Å². The molecule has 0 spiro atoms. The summed E-state index contributed by atoms with van der Waals surface area (Å²) in [4.78, 5) is 22.3. The highest BCUT2D eigenvalue weighted by Gasteiger charge is 2.05. The first-order valence-corrected chi connectivity index (χ1v) is 5.13. The normalized spacial score (nSPS) is 12.2. The molecule has 0 amide bonds. The molecule has 0 heterocycles. The van der Waals surface area contributed by atoms with Crippen molar-refractivity contribution >= 4 is 11.9 Å². The Kier molecular flexibility index (Phi) is 6.92. The summed E-state index contributed by atoms with van der Waals surface area (Å²) in [7, 11) is 1.31. The van der Waals surface area contributed by atoms with E-state index in [1.54, 1.807) is 19.9 Å². The van der Waals surface area contributed by atoms with E-state index in [4.69, 9.17) is 4.74 Å². The van der Waals surface area contributed by atoms with Crippen LogP contribution >= 0.6 is 0 Å². The Morgan fingerprint density at radius 2 is 1.56 bits per heavy atom. The van der Waals surface area contributed by atoms with Gasteiger partial charge in [-0.2, -0.15) is 0 Å². The van der Waals surface area contributed by atoms with E-state index in [1.807, 2.05) is 6.92 Å². The van der Waals surface area contributed by atoms with Crippen molar-refractivity contribution in [2.24, 2.45) is 0 Å². The molecular formula is C12H18O4. The quantitative estimate of drug-likeness (QED) is 0.409. The van der Waals surface area contributed by atoms with Gasteiger partial charge < -0.3 is 9.47 Å². The number of esters is 2. The molecule has 0 aliphatic heterocycles. The number of methoxy groups -OCH3 is 1. The molecule has 0 fully saturated rings. The molecule has 4 nitrogen and oxygen atoms in total. The Hall–Kier alpha value is -1.58. The Morgan fingerprint density at radius 3 is 2.00 bits per heavy atom. The van der Waals surface area contributed by atoms with E-state index >= 15 is 0 Å². The Balaban J connectivity index is 4.43. The summed E-state index contributed by atoms with van der Waals surface area (Å²) in [5.74, 6) is -0.776. The Morgan fingerprint density at radius 1 is 1.06 bits per heavy atom. The minimum Gasteiger partial charge on any atom is -0.466 e. The maximum Gasteiger partial charge on any atom is 0.333 e. The first-order chi connectivity index (χ1) is 7.52. The van der Waals surface area contributed by atoms with Crippen LogP contribution in [0.15, 0.2) is 23.3 Å². The fourth-order valence-electron chi connectivity index (χ4n) is 0.856. The van der Waals surface area contributed by atoms with Crippen molar-refractivity contribution in [3.8, 4) is 0 Å². The maximum absolute atomic E-state index is 11.3. The number of rotatable bonds is 5. The Bertz CT molecular complexity index is 313. The van der Waals surface area contributed by atoms with Crippen molar-refractivity contribution in [1.82, 2.24) is 0 Å². The van der Waals surface area contributed by atoms with Crippen LogP contribution in [0.1, 0.15) is 27.2 Å². The van der Waals surface area contributed by atoms with E-state index in [0.29, 0.717) is 17.8 Å². The molecule has 0 bridgehead atoms. The maximum atomic E-state index is 11.3. The van der Waals surface area contributed by atoms with Crippen LogP contribution in [0, 0.1) is 0 Å². The van der Waals surface area contributed by atoms with Gasteiger partial charge in [0.1, 0.15) is 0 Å². The third kappa shape index (κ3) is 5.34. The number of hydrogen-bond donors (Lipinski definition) is 0. The number of allylic oxidation sites excluding steroid dienone is 2. The van der Waals surface area contributed by atoms with Crippen LogP contribution in [-0.4, -0.2) is 25.7 Å². The SMILES string of the molecule is CCCOC(=O)/C(C)=C/C=C(\C)C(=O)OC. The number of carbonyl (C=O) groups is 2. The van der Waals surface area contributed by atoms with Gasteiger partial charge >= 0.3 is 11.9 Å². The predicted octanol–water partition coefficient (Wildman–Crippen LogP) is 2.01. The van der Waals surface area contributed by atoms with Crippen molar-refractivity contribution in [3.05, 3.63) is 23.3 Å². The summed E-state index contributed by atoms with van der Waals surface area (Å²) in [5, 5.41) is 0. The Labute approximate surface area is 95.9 Å². The molecule has 0 N–H and O–H groups in total. The summed E-state index contributed by atoms with van der Waals surface area (Å²) in [6.45, 7) is 5.59. The van der Waals surface area contributed by atoms with Gasteiger partial charge in [0.25, 0.3) is 0 Å². The minimum absolute atomic E-state index is 0.365. The summed E-state index contributed by atoms with van der Waals surface area (Å²) >= 11 is 0. The molecule has 0 aromatic rings. The second-order valence-electron chi connectivity index (χ2n) is 3.33. The zero-order valence-corrected chi connectivity index (χ0v) is 10.2. The van der Waals surface area contributed by atoms with Gasteiger partial charge in [0.15, 0.2) is 0 Å². The number of carbonyl (C=O) groups excluding carboxylic acids is 2. The van der Waals surface area contributed by atoms with Crippen LogP contribution in [0.25, 0.3) is 0 Å². The van der Waals surface area contributed by atoms with E-state index in [1.165, 1.54) is 13.2 Å². The van der Waals surface area contributed by atoms with E-state index in [2.05, 4.69) is 4.74 Å². The highest BCUT2D eigenvalue weighted by Crippen LogP contribution is 2.02. The molecule has 4 heteroatoms. The van der Waals surface area contributed by atoms with Crippen molar-refractivity contribution in [1.29, 1.82) is 0 Å². The molecule has 0 saturated carbocycles. The lowest BCUT2D eigenvalue weighted by atomic mass is 10.2. The van der Waals surface area contributed by atoms with E-state index in [-0.39, 0.29) is 5.97 Å². The monoisotopic (exact) mass is 226 g/mol. The van der Waals surface area contributed by atoms with Gasteiger partial charge in [0.05, 0.1) is 13.7 Å². The predicted molar refractivity (Wildman–Crippen MR) is 60.8 cm³/mol. The second kappa shape index (κ2) is 7.68. The molecule has 0 radical (unpaired) electrons. The van der Waals surface area contributed by atoms with E-state index in [9.17, 15) is 9.59 Å². The van der Waals surface area contributed by atoms with Gasteiger partial charge in [-0.3, -0.25) is 0 Å². The van der Waals surface area contributed by atoms with Crippen LogP contribution in [0.3, 0.4) is 0 Å². The van der Waals surface area contributed by atoms with E-state index < -0.39 is 5.97 Å². The molecule has 0 aliphatic rings. The van der Waals surface area contributed by atoms with Crippen molar-refractivity contribution in [2.75, 3.05) is 13.7 Å². The minimum atomic E-state index is -0.411. The molecule has 16 heavy (non-hydrogen) atoms. The van der Waals surface area contributed by atoms with Gasteiger partial charge in [-0.1, -0.05) is 19.1 Å². The van der Waals surface area contributed by atoms with Gasteiger partial charge in [-0.05, 0) is 20.3 Å². The molecule has 0 atom stereocenters. The lowest BCUT2D eigenvalue weighted by Crippen LogP contribution is -2.06. The lowest BCUT2D eigenvalue weighted by molar-refractivity contribution is -0.139. The summed E-state index contributed by atoms with van der Waals surface area (Å²) in [6.07, 6.45) is 3.87. The average Bonchev–Trinajstić information content (AvgIpc) is 2.31. The highest BCUT2D eigenvalue weighted by atomic mass is 16.5. The zero-order chi connectivity index (χ0) is 12.6. The largest absolute Gasteiger partial charge is 0.466 e. The molecule has 0 aromatic carbocycles. The van der Waals surface area contributed by atoms with Gasteiger partial charge in [-0.15, -0.1) is 0 Å². The van der Waals surface area contributed by atoms with Crippen molar-refractivity contribution in [2.45, 2.75) is 27.2 Å². The average molecular weight is 226 g/mol. The van der Waals surface area contributed by atoms with E-state index in [0.717, 1.165) is 6.42 Å². The molecule has 90 valence electrons. The molecule has 0 aromatic heterocycles. The van der Waals surface area contributed by atoms with Crippen LogP contribution in [0.4, 0.5) is 0 Å². The van der Waals surface area contributed by atoms with Crippen LogP contribution in [0.2, 0.25) is 0 Å². The smallest absolute Gasteiger partial charge is 0.333 e. The molecular weight excluding hydrogens is 208 g/mol. The van der Waals surface area contributed by atoms with Crippen LogP contribution in [0.5, 0.6) is 0 Å². The molecule has 0 aliphatic carbocycles. The number of ether oxygens (including phenoxy) is 2. The summed E-state index contributed by atoms with van der Waals surface area (Å²) in [5.41, 5.74) is 0.891. The van der Waals surface area contributed by atoms with Gasteiger partial charge in [0.2, 0.25) is 0 Å². The third-order valence-corrected chi connectivity index (χ3v) is 1.85. The first kappa shape index (κ1) is 14.4. The summed E-state index contributed by atoms with van der Waals surface area (Å²) < 4.78 is 9.44. The highest BCUT2D eigenvalue weighted by molar-refractivity contribution is 5.90. The van der Waals surface area contributed by atoms with Crippen molar-refractivity contribution in [3.63, 3.8) is 0 Å².